The first-order valence-electron chi connectivity index (χ1n) is 6.86. The molecule has 0 fully saturated rings. The lowest BCUT2D eigenvalue weighted by molar-refractivity contribution is 0.0955. The van der Waals surface area contributed by atoms with Gasteiger partial charge in [-0.25, -0.2) is 5.43 Å². The predicted octanol–water partition coefficient (Wildman–Crippen LogP) is 4.12. The molecule has 0 saturated heterocycles. The third-order valence-electron chi connectivity index (χ3n) is 3.13. The zero-order valence-electron chi connectivity index (χ0n) is 12.8. The molecule has 21 heavy (non-hydrogen) atoms. The maximum atomic E-state index is 12.0. The molecule has 4 heteroatoms. The highest BCUT2D eigenvalue weighted by Crippen LogP contribution is 2.22. The van der Waals surface area contributed by atoms with Gasteiger partial charge in [0.15, 0.2) is 0 Å². The molecule has 0 atom stereocenters. The minimum absolute atomic E-state index is 0.0875. The molecule has 1 aromatic heterocycles. The van der Waals surface area contributed by atoms with Crippen LogP contribution in [0.15, 0.2) is 41.5 Å². The molecule has 1 amide bonds. The fourth-order valence-corrected chi connectivity index (χ4v) is 2.61. The van der Waals surface area contributed by atoms with Crippen molar-refractivity contribution in [1.82, 2.24) is 5.43 Å². The van der Waals surface area contributed by atoms with Crippen LogP contribution in [0, 0.1) is 6.92 Å². The summed E-state index contributed by atoms with van der Waals surface area (Å²) in [5, 5.41) is 3.99. The van der Waals surface area contributed by atoms with E-state index in [1.807, 2.05) is 43.3 Å². The third-order valence-corrected chi connectivity index (χ3v) is 4.07. The molecular formula is C17H20N2OS. The van der Waals surface area contributed by atoms with Crippen LogP contribution in [-0.4, -0.2) is 12.1 Å². The third kappa shape index (κ3) is 4.26. The van der Waals surface area contributed by atoms with Crippen LogP contribution in [0.3, 0.4) is 0 Å². The van der Waals surface area contributed by atoms with Crippen LogP contribution in [0.5, 0.6) is 0 Å². The van der Waals surface area contributed by atoms with E-state index in [2.05, 4.69) is 31.3 Å². The highest BCUT2D eigenvalue weighted by molar-refractivity contribution is 7.13. The van der Waals surface area contributed by atoms with Gasteiger partial charge in [0.1, 0.15) is 0 Å². The first-order valence-corrected chi connectivity index (χ1v) is 7.68. The van der Waals surface area contributed by atoms with Crippen LogP contribution in [-0.2, 0) is 5.41 Å². The molecule has 0 radical (unpaired) electrons. The van der Waals surface area contributed by atoms with Crippen molar-refractivity contribution < 1.29 is 4.79 Å². The monoisotopic (exact) mass is 300 g/mol. The van der Waals surface area contributed by atoms with Gasteiger partial charge in [0.05, 0.1) is 6.21 Å². The van der Waals surface area contributed by atoms with E-state index in [1.54, 1.807) is 17.6 Å². The number of carbonyl (C=O) groups is 1. The van der Waals surface area contributed by atoms with Crippen molar-refractivity contribution >= 4 is 23.5 Å². The van der Waals surface area contributed by atoms with Crippen molar-refractivity contribution in [2.75, 3.05) is 0 Å². The van der Waals surface area contributed by atoms with Crippen LogP contribution in [0.2, 0.25) is 0 Å². The van der Waals surface area contributed by atoms with Crippen molar-refractivity contribution in [2.45, 2.75) is 33.1 Å². The van der Waals surface area contributed by atoms with E-state index in [4.69, 9.17) is 0 Å². The van der Waals surface area contributed by atoms with Gasteiger partial charge in [-0.05, 0) is 42.2 Å². The molecule has 0 aliphatic heterocycles. The van der Waals surface area contributed by atoms with Crippen molar-refractivity contribution in [3.8, 4) is 0 Å². The van der Waals surface area contributed by atoms with E-state index < -0.39 is 0 Å². The maximum Gasteiger partial charge on any atom is 0.271 e. The highest BCUT2D eigenvalue weighted by atomic mass is 32.1. The summed E-state index contributed by atoms with van der Waals surface area (Å²) >= 11 is 1.64. The summed E-state index contributed by atoms with van der Waals surface area (Å²) in [7, 11) is 0. The van der Waals surface area contributed by atoms with Gasteiger partial charge in [0.25, 0.3) is 5.91 Å². The van der Waals surface area contributed by atoms with Gasteiger partial charge < -0.3 is 0 Å². The second kappa shape index (κ2) is 6.22. The second-order valence-corrected chi connectivity index (χ2v) is 7.29. The maximum absolute atomic E-state index is 12.0. The topological polar surface area (TPSA) is 41.5 Å². The van der Waals surface area contributed by atoms with Gasteiger partial charge in [-0.3, -0.25) is 4.79 Å². The quantitative estimate of drug-likeness (QED) is 0.672. The molecule has 110 valence electrons. The van der Waals surface area contributed by atoms with E-state index in [-0.39, 0.29) is 11.3 Å². The minimum Gasteiger partial charge on any atom is -0.267 e. The normalized spacial score (nSPS) is 11.8. The molecule has 1 aromatic carbocycles. The molecule has 0 unspecified atom stereocenters. The molecule has 1 heterocycles. The van der Waals surface area contributed by atoms with Crippen LogP contribution < -0.4 is 5.43 Å². The number of carbonyl (C=O) groups excluding carboxylic acids is 1. The van der Waals surface area contributed by atoms with Gasteiger partial charge in [-0.1, -0.05) is 32.9 Å². The Morgan fingerprint density at radius 2 is 1.81 bits per heavy atom. The number of benzene rings is 1. The van der Waals surface area contributed by atoms with E-state index in [1.165, 1.54) is 10.4 Å². The summed E-state index contributed by atoms with van der Waals surface area (Å²) in [5.41, 5.74) is 4.46. The number of hydrazone groups is 1. The second-order valence-electron chi connectivity index (χ2n) is 5.97. The number of thiophene rings is 1. The zero-order chi connectivity index (χ0) is 15.5. The molecule has 0 spiro atoms. The Balaban J connectivity index is 1.99. The number of rotatable bonds is 3. The summed E-state index contributed by atoms with van der Waals surface area (Å²) in [6, 6.07) is 11.6. The fraction of sp³-hybridized carbons (Fsp3) is 0.294. The lowest BCUT2D eigenvalue weighted by Gasteiger charge is -2.18. The lowest BCUT2D eigenvalue weighted by atomic mass is 9.87. The summed E-state index contributed by atoms with van der Waals surface area (Å²) in [5.74, 6) is -0.194. The summed E-state index contributed by atoms with van der Waals surface area (Å²) < 4.78 is 0. The molecule has 2 rings (SSSR count). The molecule has 0 bridgehead atoms. The smallest absolute Gasteiger partial charge is 0.267 e. The average Bonchev–Trinajstić information content (AvgIpc) is 2.83. The number of nitrogens with one attached hydrogen (secondary N) is 1. The number of hydrogen-bond acceptors (Lipinski definition) is 3. The van der Waals surface area contributed by atoms with Crippen LogP contribution in [0.4, 0.5) is 0 Å². The van der Waals surface area contributed by atoms with E-state index in [9.17, 15) is 4.79 Å². The summed E-state index contributed by atoms with van der Waals surface area (Å²) in [6.45, 7) is 8.48. The Morgan fingerprint density at radius 3 is 2.33 bits per heavy atom. The lowest BCUT2D eigenvalue weighted by Crippen LogP contribution is -2.18. The van der Waals surface area contributed by atoms with E-state index in [0.717, 1.165) is 4.88 Å². The molecule has 0 saturated carbocycles. The minimum atomic E-state index is -0.194. The standard InChI is InChI=1S/C17H20N2OS/c1-12-5-10-15(21-12)11-18-19-16(20)13-6-8-14(9-7-13)17(2,3)4/h5-11H,1-4H3,(H,19,20)/b18-11+. The predicted molar refractivity (Wildman–Crippen MR) is 89.3 cm³/mol. The molecular weight excluding hydrogens is 280 g/mol. The summed E-state index contributed by atoms with van der Waals surface area (Å²) in [6.07, 6.45) is 1.67. The average molecular weight is 300 g/mol. The fourth-order valence-electron chi connectivity index (χ4n) is 1.86. The Hall–Kier alpha value is -1.94. The largest absolute Gasteiger partial charge is 0.271 e. The zero-order valence-corrected chi connectivity index (χ0v) is 13.6. The van der Waals surface area contributed by atoms with Gasteiger partial charge in [-0.15, -0.1) is 11.3 Å². The summed E-state index contributed by atoms with van der Waals surface area (Å²) in [4.78, 5) is 14.2. The number of hydrogen-bond donors (Lipinski definition) is 1. The first kappa shape index (κ1) is 15.4. The molecule has 3 nitrogen and oxygen atoms in total. The van der Waals surface area contributed by atoms with Gasteiger partial charge in [-0.2, -0.15) is 5.10 Å². The van der Waals surface area contributed by atoms with Crippen LogP contribution in [0.25, 0.3) is 0 Å². The van der Waals surface area contributed by atoms with Crippen molar-refractivity contribution in [1.29, 1.82) is 0 Å². The van der Waals surface area contributed by atoms with Crippen molar-refractivity contribution in [3.05, 3.63) is 57.3 Å². The Labute approximate surface area is 129 Å². The first-order chi connectivity index (χ1) is 9.86. The number of amides is 1. The van der Waals surface area contributed by atoms with Gasteiger partial charge in [0.2, 0.25) is 0 Å². The highest BCUT2D eigenvalue weighted by Gasteiger charge is 2.14. The number of aryl methyl sites for hydroxylation is 1. The van der Waals surface area contributed by atoms with Gasteiger partial charge >= 0.3 is 0 Å². The van der Waals surface area contributed by atoms with Gasteiger partial charge in [0, 0.05) is 15.3 Å². The van der Waals surface area contributed by atoms with E-state index in [0.29, 0.717) is 5.56 Å². The SMILES string of the molecule is Cc1ccc(/C=N/NC(=O)c2ccc(C(C)(C)C)cc2)s1. The number of nitrogens with zero attached hydrogens (tertiary/aromatic N) is 1. The van der Waals surface area contributed by atoms with Crippen molar-refractivity contribution in [2.24, 2.45) is 5.10 Å². The molecule has 2 aromatic rings. The Kier molecular flexibility index (Phi) is 4.58. The van der Waals surface area contributed by atoms with E-state index >= 15 is 0 Å². The van der Waals surface area contributed by atoms with Crippen LogP contribution in [0.1, 0.15) is 46.4 Å². The Morgan fingerprint density at radius 1 is 1.14 bits per heavy atom. The molecule has 0 aliphatic rings. The Bertz CT molecular complexity index is 648. The van der Waals surface area contributed by atoms with Crippen molar-refractivity contribution in [3.63, 3.8) is 0 Å². The molecule has 0 aliphatic carbocycles. The van der Waals surface area contributed by atoms with Crippen LogP contribution >= 0.6 is 11.3 Å². The molecule has 1 N–H and O–H groups in total.